The van der Waals surface area contributed by atoms with Gasteiger partial charge < -0.3 is 15.1 Å². The second-order valence-corrected chi connectivity index (χ2v) is 6.80. The van der Waals surface area contributed by atoms with Crippen LogP contribution >= 0.6 is 0 Å². The first-order valence-corrected chi connectivity index (χ1v) is 9.40. The molecule has 2 heterocycles. The number of anilines is 2. The lowest BCUT2D eigenvalue weighted by Gasteiger charge is -2.07. The van der Waals surface area contributed by atoms with Gasteiger partial charge in [0.2, 0.25) is 5.91 Å². The van der Waals surface area contributed by atoms with Gasteiger partial charge in [-0.15, -0.1) is 0 Å². The topological polar surface area (TPSA) is 89.2 Å². The van der Waals surface area contributed by atoms with Crippen molar-refractivity contribution in [3.05, 3.63) is 84.3 Å². The molecule has 7 nitrogen and oxygen atoms in total. The minimum atomic E-state index is -0.332. The molecule has 2 N–H and O–H groups in total. The second kappa shape index (κ2) is 8.08. The first-order chi connectivity index (χ1) is 14.5. The van der Waals surface area contributed by atoms with Gasteiger partial charge in [-0.2, -0.15) is 5.10 Å². The van der Waals surface area contributed by atoms with E-state index in [1.807, 2.05) is 43.3 Å². The third kappa shape index (κ3) is 4.15. The minimum Gasteiger partial charge on any atom is -0.460 e. The predicted molar refractivity (Wildman–Crippen MR) is 115 cm³/mol. The summed E-state index contributed by atoms with van der Waals surface area (Å²) < 4.78 is 7.37. The SMILES string of the molecule is CC(=O)Nc1cccc(NC(=O)c2cn(-c3ccccc3)nc2-c2ccc(C)o2)c1. The van der Waals surface area contributed by atoms with Crippen molar-refractivity contribution in [1.29, 1.82) is 0 Å². The van der Waals surface area contributed by atoms with Crippen molar-refractivity contribution < 1.29 is 14.0 Å². The van der Waals surface area contributed by atoms with Gasteiger partial charge in [-0.25, -0.2) is 4.68 Å². The average Bonchev–Trinajstić information content (AvgIpc) is 3.35. The zero-order valence-corrected chi connectivity index (χ0v) is 16.5. The molecule has 0 aliphatic heterocycles. The molecule has 7 heteroatoms. The molecule has 0 spiro atoms. The normalized spacial score (nSPS) is 10.6. The lowest BCUT2D eigenvalue weighted by Crippen LogP contribution is -2.13. The van der Waals surface area contributed by atoms with E-state index < -0.39 is 0 Å². The molecule has 0 aliphatic carbocycles. The van der Waals surface area contributed by atoms with E-state index in [1.54, 1.807) is 41.2 Å². The summed E-state index contributed by atoms with van der Waals surface area (Å²) in [5.41, 5.74) is 2.80. The molecular formula is C23H20N4O3. The molecule has 0 bridgehead atoms. The van der Waals surface area contributed by atoms with Gasteiger partial charge in [0.05, 0.1) is 11.3 Å². The number of carbonyl (C=O) groups excluding carboxylic acids is 2. The molecule has 0 saturated heterocycles. The molecule has 0 radical (unpaired) electrons. The molecule has 2 aromatic carbocycles. The maximum atomic E-state index is 13.1. The fraction of sp³-hybridized carbons (Fsp3) is 0.0870. The second-order valence-electron chi connectivity index (χ2n) is 6.80. The Labute approximate surface area is 173 Å². The van der Waals surface area contributed by atoms with E-state index >= 15 is 0 Å². The van der Waals surface area contributed by atoms with Crippen molar-refractivity contribution in [3.63, 3.8) is 0 Å². The van der Waals surface area contributed by atoms with Crippen molar-refractivity contribution in [2.75, 3.05) is 10.6 Å². The highest BCUT2D eigenvalue weighted by Gasteiger charge is 2.21. The van der Waals surface area contributed by atoms with Crippen LogP contribution in [0.3, 0.4) is 0 Å². The quantitative estimate of drug-likeness (QED) is 0.510. The zero-order chi connectivity index (χ0) is 21.1. The highest BCUT2D eigenvalue weighted by atomic mass is 16.3. The van der Waals surface area contributed by atoms with Crippen molar-refractivity contribution in [1.82, 2.24) is 9.78 Å². The number of amides is 2. The highest BCUT2D eigenvalue weighted by molar-refractivity contribution is 6.08. The van der Waals surface area contributed by atoms with Gasteiger partial charge in [0.25, 0.3) is 5.91 Å². The van der Waals surface area contributed by atoms with Gasteiger partial charge in [0, 0.05) is 24.5 Å². The number of hydrogen-bond donors (Lipinski definition) is 2. The first kappa shape index (κ1) is 19.2. The number of hydrogen-bond acceptors (Lipinski definition) is 4. The van der Waals surface area contributed by atoms with Gasteiger partial charge >= 0.3 is 0 Å². The Balaban J connectivity index is 1.69. The number of nitrogens with one attached hydrogen (secondary N) is 2. The van der Waals surface area contributed by atoms with Crippen LogP contribution in [0, 0.1) is 6.92 Å². The van der Waals surface area contributed by atoms with Gasteiger partial charge in [-0.1, -0.05) is 24.3 Å². The lowest BCUT2D eigenvalue weighted by molar-refractivity contribution is -0.114. The molecular weight excluding hydrogens is 380 g/mol. The third-order valence-electron chi connectivity index (χ3n) is 4.39. The molecule has 0 atom stereocenters. The largest absolute Gasteiger partial charge is 0.460 e. The van der Waals surface area contributed by atoms with Crippen LogP contribution in [-0.4, -0.2) is 21.6 Å². The highest BCUT2D eigenvalue weighted by Crippen LogP contribution is 2.27. The van der Waals surface area contributed by atoms with Gasteiger partial charge in [-0.05, 0) is 49.4 Å². The molecule has 0 saturated carbocycles. The average molecular weight is 400 g/mol. The molecule has 0 fully saturated rings. The smallest absolute Gasteiger partial charge is 0.259 e. The third-order valence-corrected chi connectivity index (χ3v) is 4.39. The summed E-state index contributed by atoms with van der Waals surface area (Å²) in [6.07, 6.45) is 1.68. The summed E-state index contributed by atoms with van der Waals surface area (Å²) in [5.74, 6) is 0.729. The Bertz CT molecular complexity index is 1210. The van der Waals surface area contributed by atoms with Crippen LogP contribution in [-0.2, 0) is 4.79 Å². The maximum absolute atomic E-state index is 13.1. The van der Waals surface area contributed by atoms with Gasteiger partial charge in [-0.3, -0.25) is 9.59 Å². The van der Waals surface area contributed by atoms with E-state index in [0.717, 1.165) is 11.4 Å². The molecule has 4 aromatic rings. The van der Waals surface area contributed by atoms with Crippen LogP contribution in [0.2, 0.25) is 0 Å². The Hall–Kier alpha value is -4.13. The van der Waals surface area contributed by atoms with Crippen LogP contribution in [0.1, 0.15) is 23.0 Å². The molecule has 2 amide bonds. The zero-order valence-electron chi connectivity index (χ0n) is 16.5. The fourth-order valence-electron chi connectivity index (χ4n) is 3.07. The van der Waals surface area contributed by atoms with Crippen LogP contribution in [0.25, 0.3) is 17.1 Å². The fourth-order valence-corrected chi connectivity index (χ4v) is 3.07. The summed E-state index contributed by atoms with van der Waals surface area (Å²) in [7, 11) is 0. The van der Waals surface area contributed by atoms with Crippen molar-refractivity contribution in [2.24, 2.45) is 0 Å². The number of rotatable bonds is 5. The number of benzene rings is 2. The van der Waals surface area contributed by atoms with E-state index in [-0.39, 0.29) is 11.8 Å². The summed E-state index contributed by atoms with van der Waals surface area (Å²) in [6.45, 7) is 3.27. The molecule has 0 aliphatic rings. The number of furan rings is 1. The maximum Gasteiger partial charge on any atom is 0.259 e. The molecule has 0 unspecified atom stereocenters. The van der Waals surface area contributed by atoms with E-state index in [0.29, 0.717) is 28.4 Å². The first-order valence-electron chi connectivity index (χ1n) is 9.40. The monoisotopic (exact) mass is 400 g/mol. The Morgan fingerprint density at radius 2 is 1.67 bits per heavy atom. The molecule has 4 rings (SSSR count). The lowest BCUT2D eigenvalue weighted by atomic mass is 10.2. The van der Waals surface area contributed by atoms with Crippen molar-refractivity contribution in [2.45, 2.75) is 13.8 Å². The standard InChI is InChI=1S/C23H20N4O3/c1-15-11-12-21(30-15)22-20(14-27(26-22)19-9-4-3-5-10-19)23(29)25-18-8-6-7-17(13-18)24-16(2)28/h3-14H,1-2H3,(H,24,28)(H,25,29). The summed E-state index contributed by atoms with van der Waals surface area (Å²) in [4.78, 5) is 24.4. The van der Waals surface area contributed by atoms with Gasteiger partial charge in [0.1, 0.15) is 11.5 Å². The minimum absolute atomic E-state index is 0.182. The number of carbonyl (C=O) groups is 2. The van der Waals surface area contributed by atoms with E-state index in [1.165, 1.54) is 6.92 Å². The summed E-state index contributed by atoms with van der Waals surface area (Å²) in [5, 5.41) is 10.2. The van der Waals surface area contributed by atoms with Crippen LogP contribution in [0.15, 0.2) is 77.3 Å². The summed E-state index contributed by atoms with van der Waals surface area (Å²) >= 11 is 0. The van der Waals surface area contributed by atoms with E-state index in [2.05, 4.69) is 15.7 Å². The van der Waals surface area contributed by atoms with E-state index in [9.17, 15) is 9.59 Å². The van der Waals surface area contributed by atoms with Crippen LogP contribution in [0.5, 0.6) is 0 Å². The predicted octanol–water partition coefficient (Wildman–Crippen LogP) is 4.65. The number of aryl methyl sites for hydroxylation is 1. The van der Waals surface area contributed by atoms with Crippen molar-refractivity contribution >= 4 is 23.2 Å². The van der Waals surface area contributed by atoms with Crippen LogP contribution < -0.4 is 10.6 Å². The number of aromatic nitrogens is 2. The van der Waals surface area contributed by atoms with Crippen molar-refractivity contribution in [3.8, 4) is 17.1 Å². The Kier molecular flexibility index (Phi) is 5.17. The van der Waals surface area contributed by atoms with Gasteiger partial charge in [0.15, 0.2) is 5.76 Å². The van der Waals surface area contributed by atoms with E-state index in [4.69, 9.17) is 4.42 Å². The van der Waals surface area contributed by atoms with Crippen LogP contribution in [0.4, 0.5) is 11.4 Å². The molecule has 2 aromatic heterocycles. The number of para-hydroxylation sites is 1. The Morgan fingerprint density at radius 3 is 2.33 bits per heavy atom. The summed E-state index contributed by atoms with van der Waals surface area (Å²) in [6, 6.07) is 20.1. The molecule has 150 valence electrons. The Morgan fingerprint density at radius 1 is 0.933 bits per heavy atom. The number of nitrogens with zero attached hydrogens (tertiary/aromatic N) is 2. The molecule has 30 heavy (non-hydrogen) atoms.